The monoisotopic (exact) mass is 287 g/mol. The van der Waals surface area contributed by atoms with E-state index in [0.29, 0.717) is 6.61 Å². The Labute approximate surface area is 108 Å². The highest BCUT2D eigenvalue weighted by molar-refractivity contribution is 9.10. The van der Waals surface area contributed by atoms with Gasteiger partial charge in [0, 0.05) is 4.47 Å². The number of ether oxygens (including phenoxy) is 1. The Hall–Kier alpha value is -1.61. The van der Waals surface area contributed by atoms with E-state index in [1.54, 1.807) is 0 Å². The third-order valence-electron chi connectivity index (χ3n) is 2.66. The van der Waals surface area contributed by atoms with Gasteiger partial charge < -0.3 is 4.74 Å². The van der Waals surface area contributed by atoms with Crippen molar-refractivity contribution in [3.63, 3.8) is 0 Å². The summed E-state index contributed by atoms with van der Waals surface area (Å²) in [5.41, 5.74) is 2.97. The molecule has 17 heavy (non-hydrogen) atoms. The molecule has 84 valence electrons. The van der Waals surface area contributed by atoms with Gasteiger partial charge in [-0.2, -0.15) is 0 Å². The molecule has 2 aromatic rings. The van der Waals surface area contributed by atoms with Crippen LogP contribution in [-0.2, 0) is 0 Å². The second-order valence-corrected chi connectivity index (χ2v) is 4.74. The van der Waals surface area contributed by atoms with Crippen LogP contribution < -0.4 is 4.74 Å². The quantitative estimate of drug-likeness (QED) is 0.778. The summed E-state index contributed by atoms with van der Waals surface area (Å²) in [6.07, 6.45) is 0. The predicted molar refractivity (Wildman–Crippen MR) is 72.3 cm³/mol. The molecule has 1 aliphatic rings. The van der Waals surface area contributed by atoms with Gasteiger partial charge in [0.1, 0.15) is 18.0 Å². The van der Waals surface area contributed by atoms with Crippen LogP contribution in [0, 0.1) is 0 Å². The molecule has 1 heterocycles. The van der Waals surface area contributed by atoms with Crippen LogP contribution in [0.4, 0.5) is 5.69 Å². The molecular formula is C14H10BrNO. The second-order valence-electron chi connectivity index (χ2n) is 3.82. The lowest BCUT2D eigenvalue weighted by molar-refractivity contribution is 0.373. The number of nitrogens with zero attached hydrogens (tertiary/aromatic N) is 1. The minimum absolute atomic E-state index is 0.526. The smallest absolute Gasteiger partial charge is 0.145 e. The first kappa shape index (κ1) is 10.5. The van der Waals surface area contributed by atoms with Crippen LogP contribution in [0.25, 0.3) is 0 Å². The van der Waals surface area contributed by atoms with E-state index in [9.17, 15) is 0 Å². The molecule has 2 aromatic carbocycles. The van der Waals surface area contributed by atoms with Crippen molar-refractivity contribution in [3.05, 3.63) is 58.6 Å². The third-order valence-corrected chi connectivity index (χ3v) is 3.19. The fourth-order valence-corrected chi connectivity index (χ4v) is 2.05. The van der Waals surface area contributed by atoms with Gasteiger partial charge in [-0.3, -0.25) is 0 Å². The van der Waals surface area contributed by atoms with Gasteiger partial charge in [-0.05, 0) is 29.8 Å². The van der Waals surface area contributed by atoms with Gasteiger partial charge in [0.15, 0.2) is 0 Å². The molecule has 0 amide bonds. The van der Waals surface area contributed by atoms with E-state index in [-0.39, 0.29) is 0 Å². The first-order chi connectivity index (χ1) is 8.33. The summed E-state index contributed by atoms with van der Waals surface area (Å²) in [6.45, 7) is 0.526. The van der Waals surface area contributed by atoms with Gasteiger partial charge >= 0.3 is 0 Å². The summed E-state index contributed by atoms with van der Waals surface area (Å²) in [4.78, 5) is 4.62. The summed E-state index contributed by atoms with van der Waals surface area (Å²) in [5, 5.41) is 0. The highest BCUT2D eigenvalue weighted by Crippen LogP contribution is 2.30. The van der Waals surface area contributed by atoms with E-state index in [1.165, 1.54) is 0 Å². The molecule has 0 radical (unpaired) electrons. The first-order valence-electron chi connectivity index (χ1n) is 5.38. The van der Waals surface area contributed by atoms with Crippen molar-refractivity contribution in [2.75, 3.05) is 6.61 Å². The molecule has 0 N–H and O–H groups in total. The zero-order valence-electron chi connectivity index (χ0n) is 9.06. The molecule has 3 rings (SSSR count). The lowest BCUT2D eigenvalue weighted by Gasteiger charge is -2.16. The van der Waals surface area contributed by atoms with Gasteiger partial charge in [-0.1, -0.05) is 40.2 Å². The normalized spacial score (nSPS) is 13.6. The molecule has 2 nitrogen and oxygen atoms in total. The van der Waals surface area contributed by atoms with Gasteiger partial charge in [0.25, 0.3) is 0 Å². The second kappa shape index (κ2) is 4.34. The summed E-state index contributed by atoms with van der Waals surface area (Å²) < 4.78 is 6.75. The summed E-state index contributed by atoms with van der Waals surface area (Å²) in [7, 11) is 0. The maximum absolute atomic E-state index is 5.68. The number of benzene rings is 2. The molecule has 1 aliphatic heterocycles. The van der Waals surface area contributed by atoms with Crippen molar-refractivity contribution in [2.45, 2.75) is 0 Å². The summed E-state index contributed by atoms with van der Waals surface area (Å²) in [6, 6.07) is 15.9. The van der Waals surface area contributed by atoms with E-state index >= 15 is 0 Å². The largest absolute Gasteiger partial charge is 0.485 e. The fourth-order valence-electron chi connectivity index (χ4n) is 1.79. The Morgan fingerprint density at radius 3 is 2.59 bits per heavy atom. The molecule has 0 bridgehead atoms. The van der Waals surface area contributed by atoms with E-state index in [4.69, 9.17) is 4.74 Å². The third kappa shape index (κ3) is 2.11. The number of aliphatic imine (C=N–C) groups is 1. The average Bonchev–Trinajstić information content (AvgIpc) is 2.39. The Morgan fingerprint density at radius 1 is 1.00 bits per heavy atom. The molecule has 0 aromatic heterocycles. The average molecular weight is 288 g/mol. The van der Waals surface area contributed by atoms with Crippen LogP contribution in [0.15, 0.2) is 58.0 Å². The number of para-hydroxylation sites is 2. The fraction of sp³-hybridized carbons (Fsp3) is 0.0714. The molecule has 0 spiro atoms. The van der Waals surface area contributed by atoms with E-state index in [2.05, 4.69) is 20.9 Å². The minimum atomic E-state index is 0.526. The molecular weight excluding hydrogens is 278 g/mol. The van der Waals surface area contributed by atoms with Crippen molar-refractivity contribution in [1.82, 2.24) is 0 Å². The maximum atomic E-state index is 5.68. The molecule has 0 saturated carbocycles. The van der Waals surface area contributed by atoms with Crippen LogP contribution in [0.5, 0.6) is 5.75 Å². The van der Waals surface area contributed by atoms with Crippen LogP contribution in [0.2, 0.25) is 0 Å². The van der Waals surface area contributed by atoms with E-state index in [0.717, 1.165) is 27.2 Å². The first-order valence-corrected chi connectivity index (χ1v) is 6.17. The van der Waals surface area contributed by atoms with Gasteiger partial charge in [-0.15, -0.1) is 0 Å². The Morgan fingerprint density at radius 2 is 1.76 bits per heavy atom. The molecule has 0 atom stereocenters. The summed E-state index contributed by atoms with van der Waals surface area (Å²) in [5.74, 6) is 0.855. The zero-order valence-corrected chi connectivity index (χ0v) is 10.6. The Balaban J connectivity index is 2.01. The molecule has 0 aliphatic carbocycles. The van der Waals surface area contributed by atoms with Crippen molar-refractivity contribution in [3.8, 4) is 5.75 Å². The van der Waals surface area contributed by atoms with Crippen molar-refractivity contribution in [1.29, 1.82) is 0 Å². The van der Waals surface area contributed by atoms with Gasteiger partial charge in [0.05, 0.1) is 5.71 Å². The lowest BCUT2D eigenvalue weighted by atomic mass is 10.1. The van der Waals surface area contributed by atoms with Crippen molar-refractivity contribution >= 4 is 27.3 Å². The lowest BCUT2D eigenvalue weighted by Crippen LogP contribution is -2.16. The Kier molecular flexibility index (Phi) is 2.69. The van der Waals surface area contributed by atoms with E-state index < -0.39 is 0 Å². The van der Waals surface area contributed by atoms with Gasteiger partial charge in [-0.25, -0.2) is 4.99 Å². The summed E-state index contributed by atoms with van der Waals surface area (Å²) >= 11 is 3.42. The minimum Gasteiger partial charge on any atom is -0.485 e. The topological polar surface area (TPSA) is 21.6 Å². The number of hydrogen-bond donors (Lipinski definition) is 0. The SMILES string of the molecule is Brc1ccc(C2=Nc3ccccc3OC2)cc1. The van der Waals surface area contributed by atoms with Crippen molar-refractivity contribution in [2.24, 2.45) is 4.99 Å². The van der Waals surface area contributed by atoms with Crippen molar-refractivity contribution < 1.29 is 4.74 Å². The maximum Gasteiger partial charge on any atom is 0.145 e. The van der Waals surface area contributed by atoms with Gasteiger partial charge in [0.2, 0.25) is 0 Å². The van der Waals surface area contributed by atoms with Crippen LogP contribution >= 0.6 is 15.9 Å². The highest BCUT2D eigenvalue weighted by atomic mass is 79.9. The zero-order chi connectivity index (χ0) is 11.7. The molecule has 3 heteroatoms. The molecule has 0 saturated heterocycles. The molecule has 0 fully saturated rings. The van der Waals surface area contributed by atoms with Crippen LogP contribution in [0.1, 0.15) is 5.56 Å². The van der Waals surface area contributed by atoms with E-state index in [1.807, 2.05) is 48.5 Å². The highest BCUT2D eigenvalue weighted by Gasteiger charge is 2.13. The number of fused-ring (bicyclic) bond motifs is 1. The van der Waals surface area contributed by atoms with Crippen LogP contribution in [0.3, 0.4) is 0 Å². The number of hydrogen-bond acceptors (Lipinski definition) is 2. The molecule has 0 unspecified atom stereocenters. The number of rotatable bonds is 1. The standard InChI is InChI=1S/C14H10BrNO/c15-11-7-5-10(6-8-11)13-9-17-14-4-2-1-3-12(14)16-13/h1-8H,9H2. The predicted octanol–water partition coefficient (Wildman–Crippen LogP) is 3.96. The Bertz CT molecular complexity index is 575. The number of halogens is 1. The van der Waals surface area contributed by atoms with Crippen LogP contribution in [-0.4, -0.2) is 12.3 Å².